The number of nitrogens with zero attached hydrogens (tertiary/aromatic N) is 3. The number of morpholine rings is 1. The first-order valence-corrected chi connectivity index (χ1v) is 17.3. The molecule has 0 radical (unpaired) electrons. The lowest BCUT2D eigenvalue weighted by Crippen LogP contribution is -2.58. The number of nitrogens with one attached hydrogen (secondary N) is 2. The largest absolute Gasteiger partial charge is 0.362 e. The summed E-state index contributed by atoms with van der Waals surface area (Å²) >= 11 is 6.44. The first-order valence-electron chi connectivity index (χ1n) is 14.9. The molecule has 2 N–H and O–H groups in total. The Hall–Kier alpha value is -3.34. The van der Waals surface area contributed by atoms with Gasteiger partial charge in [0.2, 0.25) is 0 Å². The highest BCUT2D eigenvalue weighted by Gasteiger charge is 2.47. The second kappa shape index (κ2) is 14.4. The maximum atomic E-state index is 13.4. The van der Waals surface area contributed by atoms with Crippen LogP contribution in [0.25, 0.3) is 0 Å². The molecule has 1 aliphatic heterocycles. The van der Waals surface area contributed by atoms with Crippen molar-refractivity contribution in [2.75, 3.05) is 46.9 Å². The number of halogens is 1. The Kier molecular flexibility index (Phi) is 10.6. The smallest absolute Gasteiger partial charge is 0.350 e. The van der Waals surface area contributed by atoms with E-state index < -0.39 is 36.0 Å². The van der Waals surface area contributed by atoms with E-state index in [9.17, 15) is 14.2 Å². The third kappa shape index (κ3) is 7.08. The molecule has 1 saturated heterocycles. The molecule has 0 saturated carbocycles. The molecule has 10 nitrogen and oxygen atoms in total. The van der Waals surface area contributed by atoms with Crippen molar-refractivity contribution >= 4 is 18.1 Å². The molecule has 2 heterocycles. The first kappa shape index (κ1) is 33.0. The highest BCUT2D eigenvalue weighted by Crippen LogP contribution is 2.55. The molecular formula is C33H39ClN5O5P. The van der Waals surface area contributed by atoms with Crippen molar-refractivity contribution in [1.82, 2.24) is 24.4 Å². The average Bonchev–Trinajstić information content (AvgIpc) is 3.06. The van der Waals surface area contributed by atoms with E-state index in [1.54, 1.807) is 21.0 Å². The third-order valence-electron chi connectivity index (χ3n) is 8.17. The number of aromatic amines is 1. The van der Waals surface area contributed by atoms with Crippen molar-refractivity contribution in [3.63, 3.8) is 0 Å². The molecule has 45 heavy (non-hydrogen) atoms. The second-order valence-corrected chi connectivity index (χ2v) is 14.3. The van der Waals surface area contributed by atoms with E-state index in [0.29, 0.717) is 25.2 Å². The van der Waals surface area contributed by atoms with Crippen LogP contribution in [0.5, 0.6) is 0 Å². The summed E-state index contributed by atoms with van der Waals surface area (Å²) in [6.07, 6.45) is 0.0475. The van der Waals surface area contributed by atoms with Gasteiger partial charge in [0.1, 0.15) is 0 Å². The zero-order valence-corrected chi connectivity index (χ0v) is 27.3. The van der Waals surface area contributed by atoms with Crippen LogP contribution in [-0.4, -0.2) is 72.1 Å². The Morgan fingerprint density at radius 3 is 2.02 bits per heavy atom. The fourth-order valence-corrected chi connectivity index (χ4v) is 7.17. The van der Waals surface area contributed by atoms with Crippen LogP contribution in [0.15, 0.2) is 107 Å². The lowest BCUT2D eigenvalue weighted by atomic mass is 9.75. The molecule has 12 heteroatoms. The van der Waals surface area contributed by atoms with Gasteiger partial charge < -0.3 is 14.6 Å². The Morgan fingerprint density at radius 1 is 0.978 bits per heavy atom. The fraction of sp³-hybridized carbons (Fsp3) is 0.333. The minimum atomic E-state index is -3.68. The summed E-state index contributed by atoms with van der Waals surface area (Å²) in [5.41, 5.74) is 1.56. The van der Waals surface area contributed by atoms with Gasteiger partial charge in [0.05, 0.1) is 18.2 Å². The molecule has 5 rings (SSSR count). The molecule has 0 bridgehead atoms. The van der Waals surface area contributed by atoms with E-state index >= 15 is 0 Å². The Balaban J connectivity index is 1.65. The summed E-state index contributed by atoms with van der Waals surface area (Å²) in [5, 5.41) is 3.02. The fourth-order valence-electron chi connectivity index (χ4n) is 5.89. The molecule has 0 aliphatic carbocycles. The molecule has 1 unspecified atom stereocenters. The number of ether oxygens (including phenoxy) is 1. The van der Waals surface area contributed by atoms with Gasteiger partial charge in [-0.15, -0.1) is 0 Å². The van der Waals surface area contributed by atoms with E-state index in [2.05, 4.69) is 51.6 Å². The van der Waals surface area contributed by atoms with Gasteiger partial charge in [-0.25, -0.2) is 9.46 Å². The number of rotatable bonds is 12. The van der Waals surface area contributed by atoms with Crippen LogP contribution in [0.2, 0.25) is 0 Å². The van der Waals surface area contributed by atoms with Gasteiger partial charge in [0.15, 0.2) is 6.23 Å². The van der Waals surface area contributed by atoms with Crippen molar-refractivity contribution < 1.29 is 13.8 Å². The second-order valence-electron chi connectivity index (χ2n) is 11.1. The molecule has 0 amide bonds. The van der Waals surface area contributed by atoms with Crippen LogP contribution in [0.4, 0.5) is 0 Å². The van der Waals surface area contributed by atoms with Gasteiger partial charge in [-0.2, -0.15) is 0 Å². The lowest BCUT2D eigenvalue weighted by molar-refractivity contribution is -0.148. The molecule has 3 aromatic carbocycles. The van der Waals surface area contributed by atoms with Gasteiger partial charge in [-0.05, 0) is 49.0 Å². The van der Waals surface area contributed by atoms with Crippen molar-refractivity contribution in [3.8, 4) is 0 Å². The minimum Gasteiger partial charge on any atom is -0.350 e. The summed E-state index contributed by atoms with van der Waals surface area (Å²) in [4.78, 5) is 30.1. The quantitative estimate of drug-likeness (QED) is 0.170. The van der Waals surface area contributed by atoms with Crippen LogP contribution in [0.3, 0.4) is 0 Å². The highest BCUT2D eigenvalue weighted by molar-refractivity contribution is 7.83. The summed E-state index contributed by atoms with van der Waals surface area (Å²) in [5.74, 6) is 0. The summed E-state index contributed by atoms with van der Waals surface area (Å²) in [6, 6.07) is 30.6. The lowest BCUT2D eigenvalue weighted by Gasteiger charge is -2.50. The Labute approximate surface area is 267 Å². The van der Waals surface area contributed by atoms with E-state index in [-0.39, 0.29) is 13.2 Å². The monoisotopic (exact) mass is 651 g/mol. The zero-order valence-electron chi connectivity index (χ0n) is 25.6. The zero-order chi connectivity index (χ0) is 32.0. The van der Waals surface area contributed by atoms with E-state index in [1.165, 1.54) is 15.4 Å². The molecular weight excluding hydrogens is 613 g/mol. The molecule has 3 atom stereocenters. The van der Waals surface area contributed by atoms with Gasteiger partial charge in [-0.1, -0.05) is 91.0 Å². The van der Waals surface area contributed by atoms with Gasteiger partial charge in [0.25, 0.3) is 5.56 Å². The standard InChI is InChI=1S/C33H39ClN5O5P/c1-25-21-39(32(41)36-31(25)40)30-23-38(22-29(44-30)24-43-45(34,42)37(3)20-19-35-2)33(26-13-7-4-8-14-26,27-15-9-5-10-16-27)28-17-11-6-12-18-28/h4-18,21,29-30,35H,19-20,22-24H2,1-3H3,(H,36,40,41)/t29-,30+,45?/m0/s1. The Morgan fingerprint density at radius 2 is 1.51 bits per heavy atom. The number of aryl methyl sites for hydroxylation is 1. The normalized spacial score (nSPS) is 19.0. The van der Waals surface area contributed by atoms with Gasteiger partial charge in [0, 0.05) is 37.9 Å². The first-order chi connectivity index (χ1) is 21.7. The van der Waals surface area contributed by atoms with Crippen molar-refractivity contribution in [3.05, 3.63) is 140 Å². The number of benzene rings is 3. The van der Waals surface area contributed by atoms with Crippen molar-refractivity contribution in [2.45, 2.75) is 24.8 Å². The molecule has 1 aliphatic rings. The van der Waals surface area contributed by atoms with E-state index in [0.717, 1.165) is 16.7 Å². The maximum absolute atomic E-state index is 13.4. The third-order valence-corrected chi connectivity index (χ3v) is 10.7. The number of aromatic nitrogens is 2. The van der Waals surface area contributed by atoms with Gasteiger partial charge >= 0.3 is 12.6 Å². The number of H-pyrrole nitrogens is 1. The van der Waals surface area contributed by atoms with Crippen LogP contribution >= 0.6 is 18.1 Å². The van der Waals surface area contributed by atoms with Crippen LogP contribution in [-0.2, 0) is 19.4 Å². The van der Waals surface area contributed by atoms with E-state index in [1.807, 2.05) is 54.6 Å². The predicted molar refractivity (Wildman–Crippen MR) is 177 cm³/mol. The number of hydrogen-bond donors (Lipinski definition) is 2. The number of hydrogen-bond acceptors (Lipinski definition) is 7. The summed E-state index contributed by atoms with van der Waals surface area (Å²) in [7, 11) is 3.45. The maximum Gasteiger partial charge on any atom is 0.362 e. The minimum absolute atomic E-state index is 0.0940. The van der Waals surface area contributed by atoms with Gasteiger partial charge in [-0.3, -0.25) is 23.8 Å². The van der Waals surface area contributed by atoms with Crippen LogP contribution in [0, 0.1) is 6.92 Å². The van der Waals surface area contributed by atoms with Crippen molar-refractivity contribution in [1.29, 1.82) is 0 Å². The summed E-state index contributed by atoms with van der Waals surface area (Å²) < 4.78 is 28.6. The molecule has 0 spiro atoms. The average molecular weight is 652 g/mol. The predicted octanol–water partition coefficient (Wildman–Crippen LogP) is 4.55. The molecule has 238 valence electrons. The molecule has 1 fully saturated rings. The molecule has 4 aromatic rings. The Bertz CT molecular complexity index is 1620. The SMILES string of the molecule is CNCCN(C)P(=O)(Cl)OC[C@@H]1CN(C(c2ccccc2)(c2ccccc2)c2ccccc2)C[C@H](n2cc(C)c(=O)[nH]c2=O)O1. The van der Waals surface area contributed by atoms with Crippen LogP contribution < -0.4 is 16.6 Å². The summed E-state index contributed by atoms with van der Waals surface area (Å²) in [6.45, 7) is -0.504. The van der Waals surface area contributed by atoms with Crippen LogP contribution in [0.1, 0.15) is 28.5 Å². The topological polar surface area (TPSA) is 109 Å². The molecule has 1 aromatic heterocycles. The van der Waals surface area contributed by atoms with Crippen molar-refractivity contribution in [2.24, 2.45) is 0 Å². The number of likely N-dealkylation sites (N-methyl/N-ethyl adjacent to an activating group) is 2. The van der Waals surface area contributed by atoms with E-state index in [4.69, 9.17) is 20.5 Å². The highest BCUT2D eigenvalue weighted by atomic mass is 35.7.